The van der Waals surface area contributed by atoms with Gasteiger partial charge in [-0.2, -0.15) is 0 Å². The molecule has 5 heteroatoms. The summed E-state index contributed by atoms with van der Waals surface area (Å²) in [5.74, 6) is -1.46. The molecule has 1 N–H and O–H groups in total. The second-order valence-corrected chi connectivity index (χ2v) is 6.43. The van der Waals surface area contributed by atoms with Gasteiger partial charge >= 0.3 is 49.7 Å². The number of carbonyl (C=O) groups excluding carboxylic acids is 1. The van der Waals surface area contributed by atoms with E-state index >= 15 is 0 Å². The van der Waals surface area contributed by atoms with Crippen LogP contribution in [0.15, 0.2) is 12.3 Å². The summed E-state index contributed by atoms with van der Waals surface area (Å²) in [5.41, 5.74) is 0. The molecule has 0 fully saturated rings. The second-order valence-electron chi connectivity index (χ2n) is 6.43. The first-order chi connectivity index (χ1) is 11.7. The van der Waals surface area contributed by atoms with Crippen LogP contribution in [-0.4, -0.2) is 54.8 Å². The molecule has 0 saturated heterocycles. The van der Waals surface area contributed by atoms with Crippen molar-refractivity contribution in [3.05, 3.63) is 12.3 Å². The molecule has 0 spiro atoms. The van der Waals surface area contributed by atoms with Gasteiger partial charge in [-0.1, -0.05) is 77.6 Å². The summed E-state index contributed by atoms with van der Waals surface area (Å²) < 4.78 is 4.82. The van der Waals surface area contributed by atoms with Crippen molar-refractivity contribution < 1.29 is 19.4 Å². The van der Waals surface area contributed by atoms with Gasteiger partial charge in [-0.25, -0.2) is 0 Å². The van der Waals surface area contributed by atoms with Crippen molar-refractivity contribution in [2.75, 3.05) is 0 Å². The van der Waals surface area contributed by atoms with Crippen LogP contribution in [0.4, 0.5) is 0 Å². The molecule has 0 bridgehead atoms. The van der Waals surface area contributed by atoms with Crippen molar-refractivity contribution in [2.24, 2.45) is 0 Å². The molecule has 0 aliphatic carbocycles. The number of ether oxygens (including phenoxy) is 1. The molecule has 144 valence electrons. The Morgan fingerprint density at radius 1 is 0.800 bits per heavy atom. The van der Waals surface area contributed by atoms with Crippen LogP contribution in [0.1, 0.15) is 103 Å². The Labute approximate surface area is 183 Å². The Morgan fingerprint density at radius 3 is 1.76 bits per heavy atom. The van der Waals surface area contributed by atoms with E-state index < -0.39 is 11.9 Å². The Balaban J connectivity index is 0. The molecular weight excluding hydrogens is 344 g/mol. The van der Waals surface area contributed by atoms with Crippen LogP contribution >= 0.6 is 0 Å². The van der Waals surface area contributed by atoms with Gasteiger partial charge in [0.05, 0.1) is 19.1 Å². The van der Waals surface area contributed by atoms with Crippen LogP contribution < -0.4 is 0 Å². The predicted molar refractivity (Wildman–Crippen MR) is 106 cm³/mol. The van der Waals surface area contributed by atoms with E-state index in [9.17, 15) is 9.59 Å². The number of hydrogen-bond acceptors (Lipinski definition) is 3. The minimum absolute atomic E-state index is 0. The van der Waals surface area contributed by atoms with Crippen LogP contribution in [0, 0.1) is 0 Å². The molecule has 0 aromatic carbocycles. The van der Waals surface area contributed by atoms with Gasteiger partial charge in [0.25, 0.3) is 0 Å². The van der Waals surface area contributed by atoms with Gasteiger partial charge in [-0.3, -0.25) is 9.59 Å². The van der Waals surface area contributed by atoms with Crippen LogP contribution in [0.25, 0.3) is 0 Å². The molecule has 0 atom stereocenters. The SMILES string of the molecule is CCCCCCCCCCCCCC/C=C/OC(=O)CCC(=O)O.[CaH2]. The minimum atomic E-state index is -0.979. The molecule has 0 aromatic rings. The van der Waals surface area contributed by atoms with Gasteiger partial charge < -0.3 is 9.84 Å². The zero-order valence-corrected chi connectivity index (χ0v) is 15.4. The van der Waals surface area contributed by atoms with Gasteiger partial charge in [-0.05, 0) is 18.9 Å². The number of carbonyl (C=O) groups is 2. The summed E-state index contributed by atoms with van der Waals surface area (Å²) in [6.07, 6.45) is 19.8. The third kappa shape index (κ3) is 23.9. The van der Waals surface area contributed by atoms with E-state index in [1.807, 2.05) is 6.08 Å². The molecule has 0 unspecified atom stereocenters. The first kappa shape index (κ1) is 27.2. The van der Waals surface area contributed by atoms with Crippen molar-refractivity contribution in [3.63, 3.8) is 0 Å². The summed E-state index contributed by atoms with van der Waals surface area (Å²) in [5, 5.41) is 8.44. The van der Waals surface area contributed by atoms with E-state index in [0.29, 0.717) is 0 Å². The summed E-state index contributed by atoms with van der Waals surface area (Å²) in [4.78, 5) is 21.4. The maximum absolute atomic E-state index is 11.1. The molecule has 0 aliphatic rings. The molecule has 0 rings (SSSR count). The van der Waals surface area contributed by atoms with E-state index in [1.54, 1.807) is 0 Å². The molecule has 0 amide bonds. The van der Waals surface area contributed by atoms with Crippen LogP contribution in [0.2, 0.25) is 0 Å². The Kier molecular flexibility index (Phi) is 23.9. The zero-order valence-electron chi connectivity index (χ0n) is 15.4. The molecule has 0 heterocycles. The average Bonchev–Trinajstić information content (AvgIpc) is 2.56. The topological polar surface area (TPSA) is 63.6 Å². The van der Waals surface area contributed by atoms with Gasteiger partial charge in [0, 0.05) is 0 Å². The number of esters is 1. The Hall–Kier alpha value is -0.0603. The summed E-state index contributed by atoms with van der Waals surface area (Å²) in [6, 6.07) is 0. The van der Waals surface area contributed by atoms with Gasteiger partial charge in [-0.15, -0.1) is 0 Å². The van der Waals surface area contributed by atoms with Crippen LogP contribution in [-0.2, 0) is 14.3 Å². The van der Waals surface area contributed by atoms with E-state index in [1.165, 1.54) is 76.9 Å². The predicted octanol–water partition coefficient (Wildman–Crippen LogP) is 5.08. The Bertz CT molecular complexity index is 343. The number of aliphatic carboxylic acids is 1. The third-order valence-electron chi connectivity index (χ3n) is 4.06. The Morgan fingerprint density at radius 2 is 1.28 bits per heavy atom. The van der Waals surface area contributed by atoms with Gasteiger partial charge in [0.2, 0.25) is 0 Å². The number of unbranched alkanes of at least 4 members (excludes halogenated alkanes) is 12. The normalized spacial score (nSPS) is 10.6. The van der Waals surface area contributed by atoms with Crippen molar-refractivity contribution in [3.8, 4) is 0 Å². The van der Waals surface area contributed by atoms with E-state index in [2.05, 4.69) is 6.92 Å². The first-order valence-corrected chi connectivity index (χ1v) is 9.73. The molecule has 0 saturated carbocycles. The molecule has 0 aromatic heterocycles. The number of carboxylic acid groups (broad SMARTS) is 1. The summed E-state index contributed by atoms with van der Waals surface area (Å²) in [6.45, 7) is 2.25. The van der Waals surface area contributed by atoms with E-state index in [4.69, 9.17) is 9.84 Å². The van der Waals surface area contributed by atoms with Crippen LogP contribution in [0.5, 0.6) is 0 Å². The standard InChI is InChI=1S/C20H36O4.Ca.2H/c1-2-3-4-5-6-7-8-9-10-11-12-13-14-15-18-24-20(23)17-16-19(21)22;;;/h15,18H,2-14,16-17H2,1H3,(H,21,22);;;/b18-15+;;;. The van der Waals surface area contributed by atoms with Crippen molar-refractivity contribution in [1.82, 2.24) is 0 Å². The van der Waals surface area contributed by atoms with E-state index in [-0.39, 0.29) is 50.6 Å². The third-order valence-corrected chi connectivity index (χ3v) is 4.06. The molecular formula is C20H38CaO4. The molecule has 0 radical (unpaired) electrons. The van der Waals surface area contributed by atoms with Crippen LogP contribution in [0.3, 0.4) is 0 Å². The number of carboxylic acids is 1. The monoisotopic (exact) mass is 382 g/mol. The number of rotatable bonds is 17. The van der Waals surface area contributed by atoms with E-state index in [0.717, 1.165) is 12.8 Å². The fraction of sp³-hybridized carbons (Fsp3) is 0.800. The van der Waals surface area contributed by atoms with Crippen molar-refractivity contribution in [2.45, 2.75) is 103 Å². The first-order valence-electron chi connectivity index (χ1n) is 9.73. The molecule has 0 aliphatic heterocycles. The summed E-state index contributed by atoms with van der Waals surface area (Å²) in [7, 11) is 0. The van der Waals surface area contributed by atoms with Crippen molar-refractivity contribution >= 4 is 49.7 Å². The fourth-order valence-corrected chi connectivity index (χ4v) is 2.56. The molecule has 4 nitrogen and oxygen atoms in total. The molecule has 25 heavy (non-hydrogen) atoms. The summed E-state index contributed by atoms with van der Waals surface area (Å²) >= 11 is 0. The number of hydrogen-bond donors (Lipinski definition) is 1. The quantitative estimate of drug-likeness (QED) is 0.165. The average molecular weight is 383 g/mol. The zero-order chi connectivity index (χ0) is 17.9. The number of allylic oxidation sites excluding steroid dienone is 1. The second kappa shape index (κ2) is 22.0. The van der Waals surface area contributed by atoms with Gasteiger partial charge in [0.1, 0.15) is 0 Å². The van der Waals surface area contributed by atoms with Crippen molar-refractivity contribution in [1.29, 1.82) is 0 Å². The fourth-order valence-electron chi connectivity index (χ4n) is 2.56. The van der Waals surface area contributed by atoms with Gasteiger partial charge in [0.15, 0.2) is 0 Å². The maximum atomic E-state index is 11.1.